The highest BCUT2D eigenvalue weighted by Crippen LogP contribution is 2.23. The molecule has 0 bridgehead atoms. The zero-order valence-corrected chi connectivity index (χ0v) is 5.73. The molecule has 0 saturated heterocycles. The monoisotopic (exact) mass is 149 g/mol. The van der Waals surface area contributed by atoms with Crippen LogP contribution in [-0.2, 0) is 0 Å². The lowest BCUT2D eigenvalue weighted by Gasteiger charge is -1.99. The van der Waals surface area contributed by atoms with Crippen LogP contribution in [0.15, 0.2) is 24.5 Å². The van der Waals surface area contributed by atoms with E-state index in [9.17, 15) is 0 Å². The van der Waals surface area contributed by atoms with Crippen molar-refractivity contribution < 1.29 is 5.11 Å². The van der Waals surface area contributed by atoms with Crippen LogP contribution >= 0.6 is 0 Å². The molecule has 0 spiro atoms. The van der Waals surface area contributed by atoms with E-state index in [-0.39, 0.29) is 5.75 Å². The minimum Gasteiger partial charge on any atom is -0.506 e. The molecule has 0 saturated carbocycles. The molecule has 0 aliphatic heterocycles. The number of fused-ring (bicyclic) bond motifs is 1. The molecule has 0 aliphatic rings. The van der Waals surface area contributed by atoms with E-state index < -0.39 is 0 Å². The second-order valence-electron chi connectivity index (χ2n) is 2.28. The van der Waals surface area contributed by atoms with Gasteiger partial charge in [-0.2, -0.15) is 5.10 Å². The second kappa shape index (κ2) is 1.88. The molecule has 2 heterocycles. The molecule has 0 aromatic carbocycles. The first-order valence-corrected chi connectivity index (χ1v) is 3.20. The lowest BCUT2D eigenvalue weighted by atomic mass is 10.3. The summed E-state index contributed by atoms with van der Waals surface area (Å²) in [5, 5.41) is 13.1. The van der Waals surface area contributed by atoms with E-state index in [1.807, 2.05) is 0 Å². The molecule has 2 rings (SSSR count). The van der Waals surface area contributed by atoms with Crippen molar-refractivity contribution in [3.05, 3.63) is 24.5 Å². The minimum atomic E-state index is 0.0954. The summed E-state index contributed by atoms with van der Waals surface area (Å²) in [5.41, 5.74) is 6.64. The maximum absolute atomic E-state index is 9.17. The van der Waals surface area contributed by atoms with Crippen LogP contribution in [0, 0.1) is 0 Å². The van der Waals surface area contributed by atoms with Crippen LogP contribution in [0.1, 0.15) is 0 Å². The Morgan fingerprint density at radius 1 is 1.45 bits per heavy atom. The zero-order valence-electron chi connectivity index (χ0n) is 5.73. The Balaban J connectivity index is 2.93. The molecule has 0 fully saturated rings. The van der Waals surface area contributed by atoms with Gasteiger partial charge in [0.1, 0.15) is 11.4 Å². The highest BCUT2D eigenvalue weighted by Gasteiger charge is 2.01. The molecular formula is C7H7N3O. The van der Waals surface area contributed by atoms with Crippen LogP contribution in [0.25, 0.3) is 5.52 Å². The zero-order chi connectivity index (χ0) is 7.84. The maximum Gasteiger partial charge on any atom is 0.142 e. The smallest absolute Gasteiger partial charge is 0.142 e. The lowest BCUT2D eigenvalue weighted by molar-refractivity contribution is 0.477. The summed E-state index contributed by atoms with van der Waals surface area (Å²) in [7, 11) is 0. The van der Waals surface area contributed by atoms with Crippen molar-refractivity contribution in [2.75, 3.05) is 5.73 Å². The van der Waals surface area contributed by atoms with Gasteiger partial charge in [-0.05, 0) is 6.07 Å². The molecule has 56 valence electrons. The minimum absolute atomic E-state index is 0.0954. The van der Waals surface area contributed by atoms with Gasteiger partial charge in [0.15, 0.2) is 0 Å². The molecular weight excluding hydrogens is 142 g/mol. The van der Waals surface area contributed by atoms with Crippen LogP contribution in [0.3, 0.4) is 0 Å². The van der Waals surface area contributed by atoms with Gasteiger partial charge in [0.2, 0.25) is 0 Å². The molecule has 11 heavy (non-hydrogen) atoms. The van der Waals surface area contributed by atoms with Gasteiger partial charge in [-0.1, -0.05) is 0 Å². The Labute approximate surface area is 62.9 Å². The number of pyridine rings is 1. The van der Waals surface area contributed by atoms with Gasteiger partial charge in [0.05, 0.1) is 11.7 Å². The van der Waals surface area contributed by atoms with Crippen molar-refractivity contribution in [1.29, 1.82) is 0 Å². The Morgan fingerprint density at radius 2 is 2.27 bits per heavy atom. The second-order valence-corrected chi connectivity index (χ2v) is 2.28. The highest BCUT2D eigenvalue weighted by atomic mass is 16.3. The normalized spacial score (nSPS) is 10.5. The molecule has 2 aromatic rings. The summed E-state index contributed by atoms with van der Waals surface area (Å²) in [4.78, 5) is 0. The van der Waals surface area contributed by atoms with E-state index in [1.54, 1.807) is 23.0 Å². The average molecular weight is 149 g/mol. The SMILES string of the molecule is Nc1c(O)ccn2nccc12. The fraction of sp³-hybridized carbons (Fsp3) is 0. The van der Waals surface area contributed by atoms with Gasteiger partial charge in [-0.25, -0.2) is 4.52 Å². The Bertz CT molecular complexity index is 393. The first kappa shape index (κ1) is 6.03. The standard InChI is InChI=1S/C7H7N3O/c8-7-5-1-3-9-10(5)4-2-6(7)11/h1-4,11H,8H2. The first-order chi connectivity index (χ1) is 5.29. The van der Waals surface area contributed by atoms with Gasteiger partial charge in [0.25, 0.3) is 0 Å². The Hall–Kier alpha value is -1.71. The summed E-state index contributed by atoms with van der Waals surface area (Å²) in [6.07, 6.45) is 3.28. The lowest BCUT2D eigenvalue weighted by Crippen LogP contribution is -1.92. The predicted molar refractivity (Wildman–Crippen MR) is 41.3 cm³/mol. The fourth-order valence-corrected chi connectivity index (χ4v) is 1.01. The third-order valence-electron chi connectivity index (χ3n) is 1.60. The third-order valence-corrected chi connectivity index (χ3v) is 1.60. The summed E-state index contributed by atoms with van der Waals surface area (Å²) in [6, 6.07) is 3.25. The van der Waals surface area contributed by atoms with E-state index in [0.717, 1.165) is 5.52 Å². The Kier molecular flexibility index (Phi) is 1.03. The highest BCUT2D eigenvalue weighted by molar-refractivity contribution is 5.74. The summed E-state index contributed by atoms with van der Waals surface area (Å²) in [6.45, 7) is 0. The molecule has 4 heteroatoms. The Morgan fingerprint density at radius 3 is 3.09 bits per heavy atom. The maximum atomic E-state index is 9.17. The topological polar surface area (TPSA) is 63.5 Å². The van der Waals surface area contributed by atoms with E-state index in [4.69, 9.17) is 10.8 Å². The number of aromatic hydroxyl groups is 1. The number of nitrogen functional groups attached to an aromatic ring is 1. The van der Waals surface area contributed by atoms with Crippen molar-refractivity contribution in [3.63, 3.8) is 0 Å². The molecule has 0 atom stereocenters. The molecule has 2 aromatic heterocycles. The van der Waals surface area contributed by atoms with Crippen molar-refractivity contribution in [2.24, 2.45) is 0 Å². The van der Waals surface area contributed by atoms with Gasteiger partial charge < -0.3 is 10.8 Å². The fourth-order valence-electron chi connectivity index (χ4n) is 1.01. The van der Waals surface area contributed by atoms with Crippen molar-refractivity contribution in [2.45, 2.75) is 0 Å². The van der Waals surface area contributed by atoms with Crippen molar-refractivity contribution >= 4 is 11.2 Å². The number of aromatic nitrogens is 2. The predicted octanol–water partition coefficient (Wildman–Crippen LogP) is 0.622. The molecule has 0 amide bonds. The van der Waals surface area contributed by atoms with E-state index in [1.165, 1.54) is 6.07 Å². The number of hydrogen-bond donors (Lipinski definition) is 2. The van der Waals surface area contributed by atoms with Crippen LogP contribution in [-0.4, -0.2) is 14.7 Å². The summed E-state index contributed by atoms with van der Waals surface area (Å²) in [5.74, 6) is 0.0954. The molecule has 3 N–H and O–H groups in total. The first-order valence-electron chi connectivity index (χ1n) is 3.20. The van der Waals surface area contributed by atoms with E-state index in [0.29, 0.717) is 5.69 Å². The van der Waals surface area contributed by atoms with Gasteiger partial charge in [-0.3, -0.25) is 0 Å². The quantitative estimate of drug-likeness (QED) is 0.577. The number of rotatable bonds is 0. The third kappa shape index (κ3) is 0.724. The number of nitrogens with two attached hydrogens (primary N) is 1. The summed E-state index contributed by atoms with van der Waals surface area (Å²) >= 11 is 0. The number of nitrogens with zero attached hydrogens (tertiary/aromatic N) is 2. The molecule has 0 aliphatic carbocycles. The molecule has 4 nitrogen and oxygen atoms in total. The van der Waals surface area contributed by atoms with E-state index in [2.05, 4.69) is 5.10 Å². The van der Waals surface area contributed by atoms with Crippen LogP contribution in [0.5, 0.6) is 5.75 Å². The number of anilines is 1. The van der Waals surface area contributed by atoms with Crippen LogP contribution in [0.2, 0.25) is 0 Å². The number of hydrogen-bond acceptors (Lipinski definition) is 3. The van der Waals surface area contributed by atoms with Crippen LogP contribution in [0.4, 0.5) is 5.69 Å². The van der Waals surface area contributed by atoms with Crippen LogP contribution < -0.4 is 5.73 Å². The molecule has 0 radical (unpaired) electrons. The average Bonchev–Trinajstić information content (AvgIpc) is 2.45. The largest absolute Gasteiger partial charge is 0.506 e. The van der Waals surface area contributed by atoms with Gasteiger partial charge >= 0.3 is 0 Å². The van der Waals surface area contributed by atoms with Crippen molar-refractivity contribution in [3.8, 4) is 5.75 Å². The summed E-state index contributed by atoms with van der Waals surface area (Å²) < 4.78 is 1.61. The van der Waals surface area contributed by atoms with Crippen molar-refractivity contribution in [1.82, 2.24) is 9.61 Å². The molecule has 0 unspecified atom stereocenters. The van der Waals surface area contributed by atoms with Gasteiger partial charge in [-0.15, -0.1) is 0 Å². The van der Waals surface area contributed by atoms with E-state index >= 15 is 0 Å². The van der Waals surface area contributed by atoms with Gasteiger partial charge in [0, 0.05) is 12.3 Å².